The van der Waals surface area contributed by atoms with Crippen LogP contribution in [0.4, 0.5) is 0 Å². The zero-order chi connectivity index (χ0) is 20.6. The van der Waals surface area contributed by atoms with E-state index in [2.05, 4.69) is 30.6 Å². The Hall–Kier alpha value is -3.95. The first-order valence-electron chi connectivity index (χ1n) is 8.85. The predicted octanol–water partition coefficient (Wildman–Crippen LogP) is 2.85. The number of nitrogens with zero attached hydrogens (tertiary/aromatic N) is 5. The van der Waals surface area contributed by atoms with Gasteiger partial charge in [-0.15, -0.1) is 10.2 Å². The van der Waals surface area contributed by atoms with Gasteiger partial charge in [-0.2, -0.15) is 0 Å². The number of hydrogen-bond donors (Lipinski definition) is 2. The number of carbonyl (C=O) groups excluding carboxylic acids is 1. The topological polar surface area (TPSA) is 148 Å². The minimum atomic E-state index is -1.77. The van der Waals surface area contributed by atoms with Gasteiger partial charge in [-0.1, -0.05) is 18.2 Å². The highest BCUT2D eigenvalue weighted by Gasteiger charge is 2.42. The minimum absolute atomic E-state index is 0.0365. The van der Waals surface area contributed by atoms with Crippen LogP contribution in [0.15, 0.2) is 67.9 Å². The molecule has 0 radical (unpaired) electrons. The molecule has 0 fully saturated rings. The van der Waals surface area contributed by atoms with Gasteiger partial charge in [0.1, 0.15) is 11.6 Å². The summed E-state index contributed by atoms with van der Waals surface area (Å²) in [5.74, 6) is 0.139. The summed E-state index contributed by atoms with van der Waals surface area (Å²) in [6.07, 6.45) is -0.0365. The van der Waals surface area contributed by atoms with Crippen molar-refractivity contribution in [3.05, 3.63) is 58.4 Å². The number of nitrogens with one attached hydrogen (secondary N) is 1. The number of ether oxygens (including phenoxy) is 1. The molecule has 10 heteroatoms. The lowest BCUT2D eigenvalue weighted by Gasteiger charge is -2.16. The second-order valence-corrected chi connectivity index (χ2v) is 6.72. The fourth-order valence-electron chi connectivity index (χ4n) is 3.05. The van der Waals surface area contributed by atoms with Gasteiger partial charge in [0.05, 0.1) is 22.6 Å². The number of primary amides is 1. The zero-order valence-corrected chi connectivity index (χ0v) is 15.7. The highest BCUT2D eigenvalue weighted by molar-refractivity contribution is 5.88. The van der Waals surface area contributed by atoms with Crippen molar-refractivity contribution in [1.29, 1.82) is 0 Å². The molecule has 0 spiro atoms. The number of hydrogen-bond acceptors (Lipinski definition) is 8. The van der Waals surface area contributed by atoms with E-state index in [0.717, 1.165) is 0 Å². The Bertz CT molecular complexity index is 1220. The lowest BCUT2D eigenvalue weighted by atomic mass is 9.98. The van der Waals surface area contributed by atoms with Crippen molar-refractivity contribution >= 4 is 16.8 Å². The van der Waals surface area contributed by atoms with E-state index in [1.165, 1.54) is 6.07 Å². The Balaban J connectivity index is 1.85. The SMILES string of the molecule is CC(C)Oc1ccccc1-c1nc2ccc(C3(C(N)=O)N=NN=N3)cc2c(=O)[nH]1. The van der Waals surface area contributed by atoms with E-state index in [0.29, 0.717) is 22.7 Å². The molecule has 146 valence electrons. The van der Waals surface area contributed by atoms with E-state index >= 15 is 0 Å². The van der Waals surface area contributed by atoms with Gasteiger partial charge in [-0.3, -0.25) is 9.59 Å². The average Bonchev–Trinajstić information content (AvgIpc) is 3.19. The lowest BCUT2D eigenvalue weighted by Crippen LogP contribution is -2.36. The van der Waals surface area contributed by atoms with Crippen LogP contribution in [0.5, 0.6) is 5.75 Å². The third-order valence-electron chi connectivity index (χ3n) is 4.38. The Labute approximate surface area is 164 Å². The number of rotatable bonds is 5. The van der Waals surface area contributed by atoms with Crippen LogP contribution in [-0.2, 0) is 10.5 Å². The third-order valence-corrected chi connectivity index (χ3v) is 4.38. The molecule has 0 bridgehead atoms. The van der Waals surface area contributed by atoms with Crippen molar-refractivity contribution in [1.82, 2.24) is 9.97 Å². The van der Waals surface area contributed by atoms with E-state index in [1.807, 2.05) is 38.1 Å². The fraction of sp³-hybridized carbons (Fsp3) is 0.211. The molecule has 0 saturated carbocycles. The third kappa shape index (κ3) is 3.14. The number of amides is 1. The number of nitrogens with two attached hydrogens (primary N) is 1. The molecule has 0 atom stereocenters. The van der Waals surface area contributed by atoms with Crippen molar-refractivity contribution in [2.45, 2.75) is 25.6 Å². The maximum Gasteiger partial charge on any atom is 0.296 e. The second-order valence-electron chi connectivity index (χ2n) is 6.72. The van der Waals surface area contributed by atoms with Gasteiger partial charge in [0.2, 0.25) is 0 Å². The number of benzene rings is 2. The van der Waals surface area contributed by atoms with Gasteiger partial charge in [0.25, 0.3) is 17.1 Å². The molecular weight excluding hydrogens is 374 g/mol. The normalized spacial score (nSPS) is 14.6. The molecule has 1 aliphatic heterocycles. The van der Waals surface area contributed by atoms with E-state index in [4.69, 9.17) is 10.5 Å². The summed E-state index contributed by atoms with van der Waals surface area (Å²) in [6.45, 7) is 3.84. The molecule has 4 rings (SSSR count). The van der Waals surface area contributed by atoms with Crippen LogP contribution in [0.3, 0.4) is 0 Å². The smallest absolute Gasteiger partial charge is 0.296 e. The van der Waals surface area contributed by atoms with Crippen molar-refractivity contribution in [2.24, 2.45) is 26.4 Å². The van der Waals surface area contributed by atoms with Crippen LogP contribution in [0.2, 0.25) is 0 Å². The molecule has 3 aromatic rings. The molecule has 3 N–H and O–H groups in total. The number of para-hydroxylation sites is 1. The molecule has 0 aliphatic carbocycles. The monoisotopic (exact) mass is 391 g/mol. The van der Waals surface area contributed by atoms with E-state index < -0.39 is 17.1 Å². The first kappa shape index (κ1) is 18.4. The van der Waals surface area contributed by atoms with Crippen molar-refractivity contribution < 1.29 is 9.53 Å². The standard InChI is InChI=1S/C19H17N7O3/c1-10(2)29-15-6-4-3-5-12(15)16-21-14-8-7-11(9-13(14)17(27)22-16)19(18(20)28)23-25-26-24-19/h3-10H,1-2H3,(H2,20,28)(H,21,22,27). The Morgan fingerprint density at radius 3 is 2.55 bits per heavy atom. The lowest BCUT2D eigenvalue weighted by molar-refractivity contribution is -0.123. The minimum Gasteiger partial charge on any atom is -0.490 e. The first-order valence-corrected chi connectivity index (χ1v) is 8.85. The fourth-order valence-corrected chi connectivity index (χ4v) is 3.05. The van der Waals surface area contributed by atoms with Gasteiger partial charge in [-0.25, -0.2) is 4.98 Å². The number of aromatic amines is 1. The highest BCUT2D eigenvalue weighted by atomic mass is 16.5. The first-order chi connectivity index (χ1) is 13.9. The average molecular weight is 391 g/mol. The molecule has 29 heavy (non-hydrogen) atoms. The van der Waals surface area contributed by atoms with Gasteiger partial charge < -0.3 is 15.5 Å². The molecule has 2 heterocycles. The Morgan fingerprint density at radius 1 is 1.14 bits per heavy atom. The Morgan fingerprint density at radius 2 is 1.86 bits per heavy atom. The van der Waals surface area contributed by atoms with Gasteiger partial charge in [-0.05, 0) is 48.6 Å². The maximum absolute atomic E-state index is 12.8. The molecule has 2 aromatic carbocycles. The van der Waals surface area contributed by atoms with E-state index in [9.17, 15) is 9.59 Å². The summed E-state index contributed by atoms with van der Waals surface area (Å²) in [7, 11) is 0. The summed E-state index contributed by atoms with van der Waals surface area (Å²) < 4.78 is 5.82. The summed E-state index contributed by atoms with van der Waals surface area (Å²) >= 11 is 0. The number of carbonyl (C=O) groups is 1. The number of fused-ring (bicyclic) bond motifs is 1. The molecule has 1 amide bonds. The molecule has 0 unspecified atom stereocenters. The Kier molecular flexibility index (Phi) is 4.38. The van der Waals surface area contributed by atoms with Crippen molar-refractivity contribution in [3.8, 4) is 17.1 Å². The van der Waals surface area contributed by atoms with Crippen molar-refractivity contribution in [2.75, 3.05) is 0 Å². The molecular formula is C19H17N7O3. The molecule has 0 saturated heterocycles. The van der Waals surface area contributed by atoms with Crippen LogP contribution in [0, 0.1) is 0 Å². The van der Waals surface area contributed by atoms with Crippen LogP contribution < -0.4 is 16.0 Å². The quantitative estimate of drug-likeness (QED) is 0.688. The summed E-state index contributed by atoms with van der Waals surface area (Å²) in [5.41, 5.74) is 4.66. The predicted molar refractivity (Wildman–Crippen MR) is 104 cm³/mol. The van der Waals surface area contributed by atoms with E-state index in [1.54, 1.807) is 12.1 Å². The van der Waals surface area contributed by atoms with Crippen LogP contribution in [0.25, 0.3) is 22.3 Å². The van der Waals surface area contributed by atoms with Crippen molar-refractivity contribution in [3.63, 3.8) is 0 Å². The van der Waals surface area contributed by atoms with Gasteiger partial charge in [0, 0.05) is 5.56 Å². The number of aromatic nitrogens is 2. The van der Waals surface area contributed by atoms with Crippen LogP contribution in [0.1, 0.15) is 19.4 Å². The largest absolute Gasteiger partial charge is 0.490 e. The summed E-state index contributed by atoms with van der Waals surface area (Å²) in [5, 5.41) is 14.5. The zero-order valence-electron chi connectivity index (χ0n) is 15.7. The van der Waals surface area contributed by atoms with Gasteiger partial charge in [0.15, 0.2) is 0 Å². The second kappa shape index (κ2) is 6.89. The highest BCUT2D eigenvalue weighted by Crippen LogP contribution is 2.34. The molecule has 1 aromatic heterocycles. The number of H-pyrrole nitrogens is 1. The van der Waals surface area contributed by atoms with Gasteiger partial charge >= 0.3 is 0 Å². The summed E-state index contributed by atoms with van der Waals surface area (Å²) in [6, 6.07) is 12.0. The van der Waals surface area contributed by atoms with E-state index in [-0.39, 0.29) is 17.1 Å². The maximum atomic E-state index is 12.8. The molecule has 10 nitrogen and oxygen atoms in total. The van der Waals surface area contributed by atoms with Crippen LogP contribution >= 0.6 is 0 Å². The summed E-state index contributed by atoms with van der Waals surface area (Å²) in [4.78, 5) is 32.0. The van der Waals surface area contributed by atoms with Crippen LogP contribution in [-0.4, -0.2) is 22.0 Å². The molecule has 1 aliphatic rings.